The zero-order valence-corrected chi connectivity index (χ0v) is 11.2. The number of carbonyl (C=O) groups is 1. The Morgan fingerprint density at radius 2 is 2.17 bits per heavy atom. The van der Waals surface area contributed by atoms with E-state index in [1.54, 1.807) is 6.07 Å². The minimum atomic E-state index is -0.608. The fraction of sp³-hybridized carbons (Fsp3) is 0.462. The molecule has 0 bridgehead atoms. The molecule has 0 fully saturated rings. The number of amides is 1. The fourth-order valence-electron chi connectivity index (χ4n) is 1.59. The van der Waals surface area contributed by atoms with Crippen LogP contribution in [0.2, 0.25) is 5.02 Å². The lowest BCUT2D eigenvalue weighted by atomic mass is 10.1. The third-order valence-electron chi connectivity index (χ3n) is 2.46. The molecule has 1 atom stereocenters. The number of rotatable bonds is 5. The van der Waals surface area contributed by atoms with Gasteiger partial charge in [-0.1, -0.05) is 31.5 Å². The highest BCUT2D eigenvalue weighted by atomic mass is 35.5. The van der Waals surface area contributed by atoms with Crippen molar-refractivity contribution in [3.8, 4) is 0 Å². The summed E-state index contributed by atoms with van der Waals surface area (Å²) in [5.41, 5.74) is 0.497. The van der Waals surface area contributed by atoms with Crippen LogP contribution in [0.4, 0.5) is 4.39 Å². The van der Waals surface area contributed by atoms with E-state index in [1.165, 1.54) is 12.1 Å². The van der Waals surface area contributed by atoms with Crippen LogP contribution in [0.15, 0.2) is 18.2 Å². The average Bonchev–Trinajstić information content (AvgIpc) is 2.29. The van der Waals surface area contributed by atoms with Crippen molar-refractivity contribution in [2.75, 3.05) is 6.61 Å². The van der Waals surface area contributed by atoms with Gasteiger partial charge >= 0.3 is 0 Å². The number of benzene rings is 1. The molecule has 0 saturated carbocycles. The van der Waals surface area contributed by atoms with Gasteiger partial charge in [0.15, 0.2) is 0 Å². The molecular weight excluding hydrogens is 257 g/mol. The predicted molar refractivity (Wildman–Crippen MR) is 68.8 cm³/mol. The van der Waals surface area contributed by atoms with E-state index in [2.05, 4.69) is 5.32 Å². The maximum atomic E-state index is 13.3. The van der Waals surface area contributed by atoms with Crippen LogP contribution in [0.3, 0.4) is 0 Å². The van der Waals surface area contributed by atoms with E-state index in [9.17, 15) is 14.3 Å². The van der Waals surface area contributed by atoms with Crippen LogP contribution in [0, 0.1) is 11.7 Å². The lowest BCUT2D eigenvalue weighted by molar-refractivity contribution is -0.122. The maximum absolute atomic E-state index is 13.3. The second-order valence-electron chi connectivity index (χ2n) is 4.57. The van der Waals surface area contributed by atoms with E-state index in [0.717, 1.165) is 0 Å². The van der Waals surface area contributed by atoms with Gasteiger partial charge in [0, 0.05) is 6.42 Å². The molecule has 0 heterocycles. The molecule has 0 spiro atoms. The summed E-state index contributed by atoms with van der Waals surface area (Å²) in [5, 5.41) is 11.9. The minimum absolute atomic E-state index is 0.0175. The van der Waals surface area contributed by atoms with E-state index in [-0.39, 0.29) is 23.5 Å². The summed E-state index contributed by atoms with van der Waals surface area (Å²) < 4.78 is 13.3. The number of aliphatic hydroxyl groups excluding tert-OH is 1. The van der Waals surface area contributed by atoms with Crippen LogP contribution in [0.5, 0.6) is 0 Å². The van der Waals surface area contributed by atoms with E-state index in [0.29, 0.717) is 12.0 Å². The van der Waals surface area contributed by atoms with Crippen molar-refractivity contribution in [3.05, 3.63) is 34.6 Å². The van der Waals surface area contributed by atoms with Gasteiger partial charge in [0.25, 0.3) is 0 Å². The van der Waals surface area contributed by atoms with Crippen molar-refractivity contribution in [1.82, 2.24) is 5.32 Å². The van der Waals surface area contributed by atoms with Crippen LogP contribution < -0.4 is 5.32 Å². The molecule has 1 aromatic carbocycles. The van der Waals surface area contributed by atoms with Crippen molar-refractivity contribution in [1.29, 1.82) is 0 Å². The Balaban J connectivity index is 2.76. The molecule has 1 aromatic rings. The summed E-state index contributed by atoms with van der Waals surface area (Å²) in [5.74, 6) is -0.503. The Labute approximate surface area is 111 Å². The van der Waals surface area contributed by atoms with E-state index in [4.69, 9.17) is 11.6 Å². The highest BCUT2D eigenvalue weighted by Crippen LogP contribution is 2.20. The van der Waals surface area contributed by atoms with Crippen LogP contribution in [-0.4, -0.2) is 17.6 Å². The standard InChI is InChI=1S/C13H17ClFNO2/c1-8(2)5-13(18)16-12(7-17)9-3-4-10(14)11(15)6-9/h3-4,6,8,12,17H,5,7H2,1-2H3,(H,16,18). The average molecular weight is 274 g/mol. The molecule has 1 rings (SSSR count). The van der Waals surface area contributed by atoms with Gasteiger partial charge < -0.3 is 10.4 Å². The van der Waals surface area contributed by atoms with Gasteiger partial charge in [-0.2, -0.15) is 0 Å². The quantitative estimate of drug-likeness (QED) is 0.867. The number of hydrogen-bond acceptors (Lipinski definition) is 2. The number of nitrogens with one attached hydrogen (secondary N) is 1. The van der Waals surface area contributed by atoms with Gasteiger partial charge in [0.05, 0.1) is 17.7 Å². The number of carbonyl (C=O) groups excluding carboxylic acids is 1. The molecule has 1 unspecified atom stereocenters. The van der Waals surface area contributed by atoms with Gasteiger partial charge in [-0.05, 0) is 23.6 Å². The second kappa shape index (κ2) is 6.71. The Morgan fingerprint density at radius 3 is 2.67 bits per heavy atom. The molecule has 2 N–H and O–H groups in total. The van der Waals surface area contributed by atoms with Crippen molar-refractivity contribution in [2.24, 2.45) is 5.92 Å². The van der Waals surface area contributed by atoms with E-state index < -0.39 is 11.9 Å². The molecule has 1 amide bonds. The molecule has 3 nitrogen and oxygen atoms in total. The minimum Gasteiger partial charge on any atom is -0.394 e. The second-order valence-corrected chi connectivity index (χ2v) is 4.98. The summed E-state index contributed by atoms with van der Waals surface area (Å²) >= 11 is 5.58. The molecule has 0 aliphatic carbocycles. The molecule has 0 aliphatic rings. The van der Waals surface area contributed by atoms with Crippen LogP contribution >= 0.6 is 11.6 Å². The summed E-state index contributed by atoms with van der Waals surface area (Å²) in [6, 6.07) is 3.60. The highest BCUT2D eigenvalue weighted by Gasteiger charge is 2.15. The Morgan fingerprint density at radius 1 is 1.50 bits per heavy atom. The van der Waals surface area contributed by atoms with Gasteiger partial charge in [-0.15, -0.1) is 0 Å². The van der Waals surface area contributed by atoms with Gasteiger partial charge in [-0.25, -0.2) is 4.39 Å². The van der Waals surface area contributed by atoms with Gasteiger partial charge in [0.1, 0.15) is 5.82 Å². The monoisotopic (exact) mass is 273 g/mol. The van der Waals surface area contributed by atoms with Crippen molar-refractivity contribution in [2.45, 2.75) is 26.3 Å². The first-order valence-electron chi connectivity index (χ1n) is 5.79. The number of halogens is 2. The lowest BCUT2D eigenvalue weighted by Crippen LogP contribution is -2.31. The molecular formula is C13H17ClFNO2. The van der Waals surface area contributed by atoms with Crippen molar-refractivity contribution >= 4 is 17.5 Å². The topological polar surface area (TPSA) is 49.3 Å². The van der Waals surface area contributed by atoms with Crippen LogP contribution in [-0.2, 0) is 4.79 Å². The Bertz CT molecular complexity index is 423. The van der Waals surface area contributed by atoms with Crippen LogP contribution in [0.25, 0.3) is 0 Å². The Hall–Kier alpha value is -1.13. The molecule has 0 aromatic heterocycles. The molecule has 0 saturated heterocycles. The lowest BCUT2D eigenvalue weighted by Gasteiger charge is -2.17. The van der Waals surface area contributed by atoms with Gasteiger partial charge in [-0.3, -0.25) is 4.79 Å². The zero-order valence-electron chi connectivity index (χ0n) is 10.4. The smallest absolute Gasteiger partial charge is 0.220 e. The maximum Gasteiger partial charge on any atom is 0.220 e. The van der Waals surface area contributed by atoms with Gasteiger partial charge in [0.2, 0.25) is 5.91 Å². The fourth-order valence-corrected chi connectivity index (χ4v) is 1.71. The molecule has 100 valence electrons. The first kappa shape index (κ1) is 14.9. The molecule has 0 radical (unpaired) electrons. The van der Waals surface area contributed by atoms with Crippen molar-refractivity contribution < 1.29 is 14.3 Å². The first-order chi connectivity index (χ1) is 8.43. The van der Waals surface area contributed by atoms with Crippen LogP contribution in [0.1, 0.15) is 31.9 Å². The largest absolute Gasteiger partial charge is 0.394 e. The zero-order chi connectivity index (χ0) is 13.7. The highest BCUT2D eigenvalue weighted by molar-refractivity contribution is 6.30. The molecule has 18 heavy (non-hydrogen) atoms. The summed E-state index contributed by atoms with van der Waals surface area (Å²) in [6.07, 6.45) is 0.368. The summed E-state index contributed by atoms with van der Waals surface area (Å²) in [4.78, 5) is 11.6. The normalized spacial score (nSPS) is 12.6. The molecule has 0 aliphatic heterocycles. The van der Waals surface area contributed by atoms with Crippen molar-refractivity contribution in [3.63, 3.8) is 0 Å². The number of hydrogen-bond donors (Lipinski definition) is 2. The first-order valence-corrected chi connectivity index (χ1v) is 6.17. The number of aliphatic hydroxyl groups is 1. The summed E-state index contributed by atoms with van der Waals surface area (Å²) in [7, 11) is 0. The third-order valence-corrected chi connectivity index (χ3v) is 2.76. The summed E-state index contributed by atoms with van der Waals surface area (Å²) in [6.45, 7) is 3.57. The predicted octanol–water partition coefficient (Wildman–Crippen LogP) is 2.67. The van der Waals surface area contributed by atoms with E-state index >= 15 is 0 Å². The Kier molecular flexibility index (Phi) is 5.56. The van der Waals surface area contributed by atoms with E-state index in [1.807, 2.05) is 13.8 Å². The third kappa shape index (κ3) is 4.27. The molecule has 5 heteroatoms. The SMILES string of the molecule is CC(C)CC(=O)NC(CO)c1ccc(Cl)c(F)c1.